The van der Waals surface area contributed by atoms with Gasteiger partial charge < -0.3 is 0 Å². The topological polar surface area (TPSA) is 29.5 Å². The Balaban J connectivity index is 0.00000176. The van der Waals surface area contributed by atoms with Crippen molar-refractivity contribution in [3.8, 4) is 0 Å². The van der Waals surface area contributed by atoms with Gasteiger partial charge in [0.1, 0.15) is 15.9 Å². The van der Waals surface area contributed by atoms with Crippen molar-refractivity contribution in [2.75, 3.05) is 0 Å². The molecule has 0 unspecified atom stereocenters. The van der Waals surface area contributed by atoms with Crippen molar-refractivity contribution < 1.29 is 30.4 Å². The molecular weight excluding hydrogens is 386 g/mol. The molecule has 3 rings (SSSR count). The van der Waals surface area contributed by atoms with Crippen LogP contribution in [0.4, 0.5) is 0 Å². The van der Waals surface area contributed by atoms with E-state index in [1.165, 1.54) is 0 Å². The van der Waals surface area contributed by atoms with Crippen molar-refractivity contribution in [3.05, 3.63) is 91.0 Å². The molecule has 0 bridgehead atoms. The molecule has 0 amide bonds. The molecule has 0 spiro atoms. The van der Waals surface area contributed by atoms with Crippen molar-refractivity contribution in [2.45, 2.75) is 0 Å². The minimum Gasteiger partial charge on any atom is -0.214 e. The van der Waals surface area contributed by atoms with Crippen LogP contribution in [0.15, 0.2) is 91.0 Å². The fraction of sp³-hybridized carbons (Fsp3) is 0. The molecule has 0 aliphatic rings. The van der Waals surface area contributed by atoms with Gasteiger partial charge in [-0.15, -0.1) is 0 Å². The van der Waals surface area contributed by atoms with Crippen molar-refractivity contribution in [1.82, 2.24) is 0 Å². The minimum atomic E-state index is -2.48. The molecule has 0 saturated heterocycles. The van der Waals surface area contributed by atoms with Gasteiger partial charge >= 0.3 is 0 Å². The van der Waals surface area contributed by atoms with E-state index in [2.05, 4.69) is 0 Å². The van der Waals surface area contributed by atoms with Crippen LogP contribution >= 0.6 is 7.49 Å². The maximum Gasteiger partial charge on any atom is 0.283 e. The summed E-state index contributed by atoms with van der Waals surface area (Å²) in [6.07, 6.45) is 0. The van der Waals surface area contributed by atoms with Crippen molar-refractivity contribution >= 4 is 23.4 Å². The first-order valence-corrected chi connectivity index (χ1v) is 8.47. The molecule has 2 nitrogen and oxygen atoms in total. The second-order valence-electron chi connectivity index (χ2n) is 4.70. The number of rotatable bonds is 4. The zero-order chi connectivity index (χ0) is 14.5. The smallest absolute Gasteiger partial charge is 0.214 e. The molecule has 0 aliphatic carbocycles. The molecule has 0 aromatic heterocycles. The summed E-state index contributed by atoms with van der Waals surface area (Å²) < 4.78 is 5.21. The predicted octanol–water partition coefficient (Wildman–Crippen LogP) is 3.38. The molecule has 0 atom stereocenters. The molecule has 22 heavy (non-hydrogen) atoms. The zero-order valence-corrected chi connectivity index (χ0v) is 14.2. The van der Waals surface area contributed by atoms with Crippen molar-refractivity contribution in [1.29, 1.82) is 0 Å². The van der Waals surface area contributed by atoms with Gasteiger partial charge in [0, 0.05) is 20.4 Å². The summed E-state index contributed by atoms with van der Waals surface area (Å²) in [5, 5.41) is 12.9. The first kappa shape index (κ1) is 17.0. The van der Waals surface area contributed by atoms with E-state index in [9.17, 15) is 5.26 Å². The maximum atomic E-state index is 9.89. The van der Waals surface area contributed by atoms with Gasteiger partial charge in [-0.1, -0.05) is 59.3 Å². The van der Waals surface area contributed by atoms with E-state index in [1.807, 2.05) is 91.0 Å². The summed E-state index contributed by atoms with van der Waals surface area (Å²) in [7, 11) is -2.48. The van der Waals surface area contributed by atoms with Crippen LogP contribution in [-0.2, 0) is 25.1 Å². The van der Waals surface area contributed by atoms with E-state index in [0.717, 1.165) is 15.9 Å². The molecule has 0 saturated carbocycles. The third kappa shape index (κ3) is 3.06. The summed E-state index contributed by atoms with van der Waals surface area (Å²) in [6, 6.07) is 29.7. The standard InChI is InChI=1S/C18H15O2P.Pd/c19-20-21(16-10-4-1-5-11-16,17-12-6-2-7-13-17)18-14-8-3-9-15-18;/h1-15H;/p+1. The fourth-order valence-electron chi connectivity index (χ4n) is 2.50. The van der Waals surface area contributed by atoms with E-state index in [1.54, 1.807) is 0 Å². The van der Waals surface area contributed by atoms with Gasteiger partial charge in [-0.05, 0) is 36.4 Å². The molecule has 114 valence electrons. The molecule has 0 aliphatic heterocycles. The first-order valence-electron chi connectivity index (χ1n) is 6.77. The van der Waals surface area contributed by atoms with Crippen LogP contribution < -0.4 is 15.9 Å². The van der Waals surface area contributed by atoms with E-state index in [4.69, 9.17) is 4.67 Å². The monoisotopic (exact) mass is 401 g/mol. The summed E-state index contributed by atoms with van der Waals surface area (Å²) >= 11 is 0. The van der Waals surface area contributed by atoms with E-state index in [0.29, 0.717) is 0 Å². The van der Waals surface area contributed by atoms with Crippen LogP contribution in [0.1, 0.15) is 0 Å². The fourth-order valence-corrected chi connectivity index (χ4v) is 5.46. The van der Waals surface area contributed by atoms with Crippen LogP contribution in [-0.4, -0.2) is 5.26 Å². The Morgan fingerprint density at radius 1 is 0.545 bits per heavy atom. The van der Waals surface area contributed by atoms with Crippen LogP contribution in [0.25, 0.3) is 0 Å². The Morgan fingerprint density at radius 2 is 0.818 bits per heavy atom. The second-order valence-corrected chi connectivity index (χ2v) is 7.63. The van der Waals surface area contributed by atoms with Gasteiger partial charge in [-0.3, -0.25) is 0 Å². The number of benzene rings is 3. The Morgan fingerprint density at radius 3 is 1.05 bits per heavy atom. The molecular formula is C18H16O2PPd+. The average Bonchev–Trinajstić information content (AvgIpc) is 2.59. The predicted molar refractivity (Wildman–Crippen MR) is 88.9 cm³/mol. The zero-order valence-electron chi connectivity index (χ0n) is 11.8. The maximum absolute atomic E-state index is 9.89. The number of hydrogen-bond donors (Lipinski definition) is 1. The van der Waals surface area contributed by atoms with Gasteiger partial charge in [-0.2, -0.15) is 0 Å². The van der Waals surface area contributed by atoms with E-state index < -0.39 is 7.49 Å². The van der Waals surface area contributed by atoms with Gasteiger partial charge in [0.15, 0.2) is 0 Å². The Hall–Kier alpha value is -1.33. The Bertz CT molecular complexity index is 593. The molecule has 4 heteroatoms. The Kier molecular flexibility index (Phi) is 6.03. The summed E-state index contributed by atoms with van der Waals surface area (Å²) in [4.78, 5) is 0. The molecule has 3 aromatic rings. The van der Waals surface area contributed by atoms with E-state index >= 15 is 0 Å². The molecule has 0 fully saturated rings. The Labute approximate surface area is 144 Å². The molecule has 1 N–H and O–H groups in total. The van der Waals surface area contributed by atoms with Gasteiger partial charge in [-0.25, -0.2) is 5.26 Å². The quantitative estimate of drug-likeness (QED) is 0.314. The third-order valence-corrected chi connectivity index (χ3v) is 6.80. The van der Waals surface area contributed by atoms with Crippen LogP contribution in [0.3, 0.4) is 0 Å². The third-order valence-electron chi connectivity index (χ3n) is 3.48. The van der Waals surface area contributed by atoms with Gasteiger partial charge in [0.05, 0.1) is 0 Å². The van der Waals surface area contributed by atoms with Gasteiger partial charge in [0.25, 0.3) is 7.49 Å². The first-order chi connectivity index (χ1) is 10.4. The average molecular weight is 402 g/mol. The largest absolute Gasteiger partial charge is 0.283 e. The summed E-state index contributed by atoms with van der Waals surface area (Å²) in [5.74, 6) is 0. The van der Waals surface area contributed by atoms with Gasteiger partial charge in [0.2, 0.25) is 0 Å². The van der Waals surface area contributed by atoms with Crippen molar-refractivity contribution in [2.24, 2.45) is 0 Å². The number of hydrogen-bond acceptors (Lipinski definition) is 2. The van der Waals surface area contributed by atoms with Crippen LogP contribution in [0, 0.1) is 0 Å². The summed E-state index contributed by atoms with van der Waals surface area (Å²) in [5.41, 5.74) is 0. The molecule has 0 radical (unpaired) electrons. The van der Waals surface area contributed by atoms with Crippen LogP contribution in [0.2, 0.25) is 0 Å². The summed E-state index contributed by atoms with van der Waals surface area (Å²) in [6.45, 7) is 0. The molecule has 3 aromatic carbocycles. The van der Waals surface area contributed by atoms with Crippen molar-refractivity contribution in [3.63, 3.8) is 0 Å². The molecule has 0 heterocycles. The second kappa shape index (κ2) is 7.79. The SMILES string of the molecule is OO[P+](c1ccccc1)(c1ccccc1)c1ccccc1.[Pd]. The normalized spacial score (nSPS) is 10.8. The minimum absolute atomic E-state index is 0. The van der Waals surface area contributed by atoms with Crippen LogP contribution in [0.5, 0.6) is 0 Å². The van der Waals surface area contributed by atoms with E-state index in [-0.39, 0.29) is 20.4 Å².